The Morgan fingerprint density at radius 2 is 2.06 bits per heavy atom. The summed E-state index contributed by atoms with van der Waals surface area (Å²) in [6.07, 6.45) is 4.61. The summed E-state index contributed by atoms with van der Waals surface area (Å²) in [6, 6.07) is 9.40. The molecular weight excluding hydrogens is 418 g/mol. The van der Waals surface area contributed by atoms with E-state index < -0.39 is 5.91 Å². The second kappa shape index (κ2) is 8.77. The van der Waals surface area contributed by atoms with Gasteiger partial charge in [-0.1, -0.05) is 18.0 Å². The van der Waals surface area contributed by atoms with Crippen molar-refractivity contribution < 1.29 is 14.7 Å². The molecule has 0 saturated heterocycles. The number of pyridine rings is 1. The fourth-order valence-corrected chi connectivity index (χ4v) is 3.69. The third-order valence-electron chi connectivity index (χ3n) is 5.31. The number of halogens is 1. The summed E-state index contributed by atoms with van der Waals surface area (Å²) in [5, 5.41) is 20.5. The minimum atomic E-state index is -0.419. The molecule has 2 amide bonds. The number of aromatic nitrogens is 3. The number of carbonyl (C=O) groups is 2. The van der Waals surface area contributed by atoms with E-state index >= 15 is 0 Å². The van der Waals surface area contributed by atoms with Crippen LogP contribution in [0, 0.1) is 0 Å². The predicted molar refractivity (Wildman–Crippen MR) is 118 cm³/mol. The van der Waals surface area contributed by atoms with E-state index in [1.807, 2.05) is 13.0 Å². The van der Waals surface area contributed by atoms with Gasteiger partial charge in [0.25, 0.3) is 5.91 Å². The molecule has 0 unspecified atom stereocenters. The Morgan fingerprint density at radius 1 is 1.26 bits per heavy atom. The molecule has 2 aromatic heterocycles. The van der Waals surface area contributed by atoms with Crippen LogP contribution in [-0.4, -0.2) is 38.4 Å². The zero-order chi connectivity index (χ0) is 22.0. The van der Waals surface area contributed by atoms with Crippen molar-refractivity contribution in [2.24, 2.45) is 0 Å². The summed E-state index contributed by atoms with van der Waals surface area (Å²) in [5.41, 5.74) is 2.39. The van der Waals surface area contributed by atoms with Crippen molar-refractivity contribution in [3.63, 3.8) is 0 Å². The standard InChI is InChI=1S/C22H22ClN5O3/c1-2-24-22(31)28-18(13-5-3-6-13)12-17(27-28)16-11-14(8-9-19(16)29)26-21(30)15-7-4-10-25-20(15)23/h4,7-13,29H,2-3,5-6H2,1H3,(H,24,31)(H,26,30). The minimum absolute atomic E-state index is 0.00174. The van der Waals surface area contributed by atoms with Gasteiger partial charge in [0.1, 0.15) is 10.9 Å². The van der Waals surface area contributed by atoms with E-state index in [4.69, 9.17) is 11.6 Å². The van der Waals surface area contributed by atoms with Gasteiger partial charge in [-0.05, 0) is 56.2 Å². The summed E-state index contributed by atoms with van der Waals surface area (Å²) >= 11 is 6.00. The fourth-order valence-electron chi connectivity index (χ4n) is 3.48. The van der Waals surface area contributed by atoms with Crippen LogP contribution in [0.5, 0.6) is 5.75 Å². The summed E-state index contributed by atoms with van der Waals surface area (Å²) < 4.78 is 1.38. The molecule has 1 saturated carbocycles. The van der Waals surface area contributed by atoms with Crippen LogP contribution in [0.4, 0.5) is 10.5 Å². The van der Waals surface area contributed by atoms with Crippen molar-refractivity contribution in [3.8, 4) is 17.0 Å². The normalized spacial score (nSPS) is 13.5. The van der Waals surface area contributed by atoms with Gasteiger partial charge in [-0.25, -0.2) is 9.78 Å². The number of amides is 2. The molecule has 3 aromatic rings. The fraction of sp³-hybridized carbons (Fsp3) is 0.273. The number of carbonyl (C=O) groups excluding carboxylic acids is 2. The molecule has 160 valence electrons. The number of hydrogen-bond acceptors (Lipinski definition) is 5. The lowest BCUT2D eigenvalue weighted by molar-refractivity contribution is 0.102. The van der Waals surface area contributed by atoms with Gasteiger partial charge in [0.15, 0.2) is 0 Å². The number of rotatable bonds is 5. The first kappa shape index (κ1) is 20.9. The molecule has 1 aliphatic rings. The van der Waals surface area contributed by atoms with Gasteiger partial charge in [0.05, 0.1) is 17.0 Å². The highest BCUT2D eigenvalue weighted by Crippen LogP contribution is 2.39. The lowest BCUT2D eigenvalue weighted by Crippen LogP contribution is -2.31. The number of phenolic OH excluding ortho intramolecular Hbond substituents is 1. The van der Waals surface area contributed by atoms with Crippen molar-refractivity contribution in [2.75, 3.05) is 11.9 Å². The molecule has 4 rings (SSSR count). The molecule has 31 heavy (non-hydrogen) atoms. The first-order chi connectivity index (χ1) is 15.0. The Bertz CT molecular complexity index is 1140. The van der Waals surface area contributed by atoms with Gasteiger partial charge < -0.3 is 15.7 Å². The maximum absolute atomic E-state index is 12.6. The van der Waals surface area contributed by atoms with E-state index in [-0.39, 0.29) is 28.4 Å². The van der Waals surface area contributed by atoms with E-state index in [1.54, 1.807) is 24.3 Å². The van der Waals surface area contributed by atoms with Gasteiger partial charge in [-0.2, -0.15) is 9.78 Å². The van der Waals surface area contributed by atoms with Gasteiger partial charge in [0, 0.05) is 29.9 Å². The number of aromatic hydroxyl groups is 1. The lowest BCUT2D eigenvalue weighted by Gasteiger charge is -2.25. The minimum Gasteiger partial charge on any atom is -0.507 e. The zero-order valence-electron chi connectivity index (χ0n) is 16.9. The molecule has 1 fully saturated rings. The zero-order valence-corrected chi connectivity index (χ0v) is 17.7. The molecule has 0 atom stereocenters. The predicted octanol–water partition coefficient (Wildman–Crippen LogP) is 4.40. The Kier molecular flexibility index (Phi) is 5.90. The Labute approximate surface area is 184 Å². The topological polar surface area (TPSA) is 109 Å². The first-order valence-electron chi connectivity index (χ1n) is 10.1. The highest BCUT2D eigenvalue weighted by Gasteiger charge is 2.27. The van der Waals surface area contributed by atoms with Crippen LogP contribution in [0.3, 0.4) is 0 Å². The van der Waals surface area contributed by atoms with Crippen molar-refractivity contribution in [2.45, 2.75) is 32.1 Å². The Morgan fingerprint density at radius 3 is 2.74 bits per heavy atom. The summed E-state index contributed by atoms with van der Waals surface area (Å²) in [6.45, 7) is 2.33. The molecule has 3 N–H and O–H groups in total. The van der Waals surface area contributed by atoms with E-state index in [1.165, 1.54) is 16.9 Å². The molecule has 8 nitrogen and oxygen atoms in total. The Balaban J connectivity index is 1.66. The SMILES string of the molecule is CCNC(=O)n1nc(-c2cc(NC(=O)c3cccnc3Cl)ccc2O)cc1C1CCC1. The summed E-state index contributed by atoms with van der Waals surface area (Å²) in [5.74, 6) is -0.155. The third kappa shape index (κ3) is 4.25. The van der Waals surface area contributed by atoms with Gasteiger partial charge in [-0.3, -0.25) is 4.79 Å². The van der Waals surface area contributed by atoms with Crippen molar-refractivity contribution >= 4 is 29.2 Å². The average Bonchev–Trinajstić information content (AvgIpc) is 3.13. The van der Waals surface area contributed by atoms with E-state index in [0.29, 0.717) is 23.5 Å². The van der Waals surface area contributed by atoms with E-state index in [9.17, 15) is 14.7 Å². The second-order valence-corrected chi connectivity index (χ2v) is 7.72. The van der Waals surface area contributed by atoms with Crippen LogP contribution in [0.25, 0.3) is 11.3 Å². The highest BCUT2D eigenvalue weighted by molar-refractivity contribution is 6.33. The smallest absolute Gasteiger partial charge is 0.342 e. The van der Waals surface area contributed by atoms with Crippen molar-refractivity contribution in [1.82, 2.24) is 20.1 Å². The maximum Gasteiger partial charge on any atom is 0.342 e. The lowest BCUT2D eigenvalue weighted by atomic mass is 9.82. The molecule has 2 heterocycles. The van der Waals surface area contributed by atoms with Gasteiger partial charge >= 0.3 is 6.03 Å². The molecule has 0 aliphatic heterocycles. The number of hydrogen-bond donors (Lipinski definition) is 3. The molecule has 9 heteroatoms. The number of nitrogens with one attached hydrogen (secondary N) is 2. The van der Waals surface area contributed by atoms with Crippen molar-refractivity contribution in [1.29, 1.82) is 0 Å². The van der Waals surface area contributed by atoms with Crippen LogP contribution < -0.4 is 10.6 Å². The van der Waals surface area contributed by atoms with Gasteiger partial charge in [0.2, 0.25) is 0 Å². The third-order valence-corrected chi connectivity index (χ3v) is 5.62. The quantitative estimate of drug-likeness (QED) is 0.403. The van der Waals surface area contributed by atoms with Crippen LogP contribution in [0.15, 0.2) is 42.6 Å². The molecule has 0 bridgehead atoms. The molecule has 1 aliphatic carbocycles. The Hall–Kier alpha value is -3.39. The molecular formula is C22H22ClN5O3. The molecule has 0 radical (unpaired) electrons. The summed E-state index contributed by atoms with van der Waals surface area (Å²) in [7, 11) is 0. The average molecular weight is 440 g/mol. The molecule has 0 spiro atoms. The van der Waals surface area contributed by atoms with Crippen LogP contribution in [-0.2, 0) is 0 Å². The van der Waals surface area contributed by atoms with Crippen molar-refractivity contribution in [3.05, 3.63) is 59.0 Å². The van der Waals surface area contributed by atoms with Crippen LogP contribution >= 0.6 is 11.6 Å². The molecule has 1 aromatic carbocycles. The van der Waals surface area contributed by atoms with Crippen LogP contribution in [0.2, 0.25) is 5.15 Å². The van der Waals surface area contributed by atoms with E-state index in [0.717, 1.165) is 25.0 Å². The number of benzene rings is 1. The van der Waals surface area contributed by atoms with Gasteiger partial charge in [-0.15, -0.1) is 0 Å². The monoisotopic (exact) mass is 439 g/mol. The van der Waals surface area contributed by atoms with E-state index in [2.05, 4.69) is 20.7 Å². The van der Waals surface area contributed by atoms with Crippen LogP contribution in [0.1, 0.15) is 48.2 Å². The number of phenols is 1. The maximum atomic E-state index is 12.6. The first-order valence-corrected chi connectivity index (χ1v) is 10.5. The number of nitrogens with zero attached hydrogens (tertiary/aromatic N) is 3. The summed E-state index contributed by atoms with van der Waals surface area (Å²) in [4.78, 5) is 29.0. The second-order valence-electron chi connectivity index (χ2n) is 7.36. The largest absolute Gasteiger partial charge is 0.507 e. The highest BCUT2D eigenvalue weighted by atomic mass is 35.5. The number of anilines is 1.